The van der Waals surface area contributed by atoms with Crippen molar-refractivity contribution in [1.82, 2.24) is 4.90 Å². The van der Waals surface area contributed by atoms with Gasteiger partial charge in [-0.1, -0.05) is 30.3 Å². The van der Waals surface area contributed by atoms with Crippen molar-refractivity contribution < 1.29 is 14.3 Å². The van der Waals surface area contributed by atoms with Crippen LogP contribution < -0.4 is 15.8 Å². The number of para-hydroxylation sites is 1. The largest absolute Gasteiger partial charge is 0.494 e. The number of nitrogens with zero attached hydrogens (tertiary/aromatic N) is 1. The van der Waals surface area contributed by atoms with Crippen molar-refractivity contribution in [3.63, 3.8) is 0 Å². The predicted molar refractivity (Wildman–Crippen MR) is 118 cm³/mol. The molecule has 2 aromatic rings. The van der Waals surface area contributed by atoms with Crippen LogP contribution in [0.5, 0.6) is 5.75 Å². The number of carbonyl (C=O) groups is 2. The second-order valence-corrected chi connectivity index (χ2v) is 7.86. The van der Waals surface area contributed by atoms with Crippen molar-refractivity contribution in [3.8, 4) is 5.75 Å². The smallest absolute Gasteiger partial charge is 0.234 e. The van der Waals surface area contributed by atoms with Crippen molar-refractivity contribution in [3.05, 3.63) is 59.7 Å². The van der Waals surface area contributed by atoms with Gasteiger partial charge in [-0.2, -0.15) is 0 Å². The lowest BCUT2D eigenvalue weighted by Gasteiger charge is -2.23. The molecule has 1 fully saturated rings. The van der Waals surface area contributed by atoms with E-state index in [-0.39, 0.29) is 17.9 Å². The van der Waals surface area contributed by atoms with E-state index in [9.17, 15) is 9.59 Å². The molecule has 1 aliphatic heterocycles. The number of amides is 2. The number of likely N-dealkylation sites (tertiary alicyclic amines) is 1. The van der Waals surface area contributed by atoms with Gasteiger partial charge in [0.2, 0.25) is 11.8 Å². The molecule has 3 N–H and O–H groups in total. The molecule has 0 spiro atoms. The normalized spacial score (nSPS) is 16.4. The Hall–Kier alpha value is -2.86. The lowest BCUT2D eigenvalue weighted by atomic mass is 10.1. The molecule has 6 heteroatoms. The Bertz CT molecular complexity index is 868. The van der Waals surface area contributed by atoms with Gasteiger partial charge in [-0.15, -0.1) is 0 Å². The number of nitrogens with two attached hydrogens (primary N) is 1. The molecule has 0 aromatic heterocycles. The second-order valence-electron chi connectivity index (χ2n) is 7.86. The van der Waals surface area contributed by atoms with Gasteiger partial charge in [-0.3, -0.25) is 14.5 Å². The maximum atomic E-state index is 12.4. The molecule has 1 saturated heterocycles. The average molecular weight is 410 g/mol. The third-order valence-electron chi connectivity index (χ3n) is 5.41. The molecule has 0 saturated carbocycles. The summed E-state index contributed by atoms with van der Waals surface area (Å²) in [4.78, 5) is 26.1. The molecule has 1 heterocycles. The Morgan fingerprint density at radius 1 is 1.17 bits per heavy atom. The summed E-state index contributed by atoms with van der Waals surface area (Å²) in [6.45, 7) is 4.08. The molecule has 2 amide bonds. The molecule has 6 nitrogen and oxygen atoms in total. The zero-order valence-corrected chi connectivity index (χ0v) is 17.6. The summed E-state index contributed by atoms with van der Waals surface area (Å²) < 4.78 is 5.73. The number of anilines is 1. The summed E-state index contributed by atoms with van der Waals surface area (Å²) in [6.07, 6.45) is 3.78. The minimum atomic E-state index is -0.276. The van der Waals surface area contributed by atoms with E-state index in [4.69, 9.17) is 10.5 Å². The van der Waals surface area contributed by atoms with Crippen molar-refractivity contribution in [2.75, 3.05) is 18.5 Å². The fraction of sp³-hybridized carbons (Fsp3) is 0.417. The van der Waals surface area contributed by atoms with E-state index in [0.717, 1.165) is 49.2 Å². The number of unbranched alkanes of at least 4 members (excludes halogenated alkanes) is 1. The fourth-order valence-electron chi connectivity index (χ4n) is 3.83. The Balaban J connectivity index is 1.44. The number of rotatable bonds is 10. The number of aryl methyl sites for hydroxylation is 1. The van der Waals surface area contributed by atoms with E-state index in [1.165, 1.54) is 5.56 Å². The number of hydrogen-bond acceptors (Lipinski definition) is 4. The first-order chi connectivity index (χ1) is 14.5. The first kappa shape index (κ1) is 21.8. The summed E-state index contributed by atoms with van der Waals surface area (Å²) in [6, 6.07) is 15.5. The number of hydrogen-bond donors (Lipinski definition) is 2. The number of ether oxygens (including phenoxy) is 1. The Kier molecular flexibility index (Phi) is 7.85. The maximum absolute atomic E-state index is 12.4. The van der Waals surface area contributed by atoms with Crippen molar-refractivity contribution in [1.29, 1.82) is 0 Å². The van der Waals surface area contributed by atoms with Gasteiger partial charge in [-0.05, 0) is 68.5 Å². The second kappa shape index (κ2) is 10.8. The van der Waals surface area contributed by atoms with Crippen molar-refractivity contribution >= 4 is 17.5 Å². The summed E-state index contributed by atoms with van der Waals surface area (Å²) in [5.41, 5.74) is 8.49. The zero-order valence-electron chi connectivity index (χ0n) is 17.6. The lowest BCUT2D eigenvalue weighted by molar-refractivity contribution is -0.122. The van der Waals surface area contributed by atoms with Gasteiger partial charge in [0, 0.05) is 18.7 Å². The summed E-state index contributed by atoms with van der Waals surface area (Å²) in [5, 5.41) is 3.02. The molecule has 0 bridgehead atoms. The monoisotopic (exact) mass is 409 g/mol. The van der Waals surface area contributed by atoms with Gasteiger partial charge >= 0.3 is 0 Å². The van der Waals surface area contributed by atoms with Crippen molar-refractivity contribution in [2.45, 2.75) is 51.6 Å². The van der Waals surface area contributed by atoms with E-state index in [0.29, 0.717) is 19.6 Å². The minimum Gasteiger partial charge on any atom is -0.494 e. The van der Waals surface area contributed by atoms with Crippen LogP contribution in [0.25, 0.3) is 0 Å². The standard InChI is InChI=1S/C24H31N3O3/c1-18-8-6-10-20(16-18)30-15-5-4-13-23(28)26-21-11-3-2-9-19(21)17-27-14-7-12-22(27)24(25)29/h2-3,6,8-11,16,22H,4-5,7,12-15,17H2,1H3,(H2,25,29)(H,26,28). The van der Waals surface area contributed by atoms with Crippen LogP contribution in [0.1, 0.15) is 43.2 Å². The van der Waals surface area contributed by atoms with E-state index >= 15 is 0 Å². The molecule has 3 rings (SSSR count). The Morgan fingerprint density at radius 3 is 2.80 bits per heavy atom. The Labute approximate surface area is 178 Å². The number of nitrogens with one attached hydrogen (secondary N) is 1. The van der Waals surface area contributed by atoms with Gasteiger partial charge < -0.3 is 15.8 Å². The zero-order chi connectivity index (χ0) is 21.3. The Morgan fingerprint density at radius 2 is 2.00 bits per heavy atom. The van der Waals surface area contributed by atoms with Crippen LogP contribution in [0.4, 0.5) is 5.69 Å². The van der Waals surface area contributed by atoms with Gasteiger partial charge in [0.05, 0.1) is 12.6 Å². The molecule has 0 aliphatic carbocycles. The summed E-state index contributed by atoms with van der Waals surface area (Å²) >= 11 is 0. The summed E-state index contributed by atoms with van der Waals surface area (Å²) in [7, 11) is 0. The number of primary amides is 1. The first-order valence-electron chi connectivity index (χ1n) is 10.6. The fourth-order valence-corrected chi connectivity index (χ4v) is 3.83. The molecule has 1 unspecified atom stereocenters. The third kappa shape index (κ3) is 6.32. The molecule has 1 aliphatic rings. The number of carbonyl (C=O) groups excluding carboxylic acids is 2. The van der Waals surface area contributed by atoms with Crippen LogP contribution in [0.2, 0.25) is 0 Å². The third-order valence-corrected chi connectivity index (χ3v) is 5.41. The molecule has 1 atom stereocenters. The van der Waals surface area contributed by atoms with Crippen LogP contribution >= 0.6 is 0 Å². The highest BCUT2D eigenvalue weighted by Gasteiger charge is 2.29. The van der Waals surface area contributed by atoms with Gasteiger partial charge in [-0.25, -0.2) is 0 Å². The van der Waals surface area contributed by atoms with Gasteiger partial charge in [0.1, 0.15) is 5.75 Å². The highest BCUT2D eigenvalue weighted by molar-refractivity contribution is 5.91. The van der Waals surface area contributed by atoms with Crippen LogP contribution in [-0.4, -0.2) is 35.9 Å². The van der Waals surface area contributed by atoms with E-state index < -0.39 is 0 Å². The molecule has 30 heavy (non-hydrogen) atoms. The molecule has 160 valence electrons. The predicted octanol–water partition coefficient (Wildman–Crippen LogP) is 3.63. The molecular formula is C24H31N3O3. The van der Waals surface area contributed by atoms with E-state index in [1.54, 1.807) is 0 Å². The average Bonchev–Trinajstić information content (AvgIpc) is 3.18. The van der Waals surface area contributed by atoms with Crippen LogP contribution in [0.3, 0.4) is 0 Å². The maximum Gasteiger partial charge on any atom is 0.234 e. The first-order valence-corrected chi connectivity index (χ1v) is 10.6. The summed E-state index contributed by atoms with van der Waals surface area (Å²) in [5.74, 6) is 0.581. The lowest BCUT2D eigenvalue weighted by Crippen LogP contribution is -2.39. The van der Waals surface area contributed by atoms with Crippen molar-refractivity contribution in [2.24, 2.45) is 5.73 Å². The van der Waals surface area contributed by atoms with Crippen LogP contribution in [0.15, 0.2) is 48.5 Å². The molecule has 0 radical (unpaired) electrons. The van der Waals surface area contributed by atoms with Gasteiger partial charge in [0.15, 0.2) is 0 Å². The topological polar surface area (TPSA) is 84.7 Å². The quantitative estimate of drug-likeness (QED) is 0.587. The van der Waals surface area contributed by atoms with Crippen LogP contribution in [0, 0.1) is 6.92 Å². The molecular weight excluding hydrogens is 378 g/mol. The number of benzene rings is 2. The SMILES string of the molecule is Cc1cccc(OCCCCC(=O)Nc2ccccc2CN2CCCC2C(N)=O)c1. The minimum absolute atomic E-state index is 0.00845. The van der Waals surface area contributed by atoms with E-state index in [1.807, 2.05) is 55.5 Å². The van der Waals surface area contributed by atoms with Gasteiger partial charge in [0.25, 0.3) is 0 Å². The highest BCUT2D eigenvalue weighted by Crippen LogP contribution is 2.24. The highest BCUT2D eigenvalue weighted by atomic mass is 16.5. The molecule has 2 aromatic carbocycles. The van der Waals surface area contributed by atoms with E-state index in [2.05, 4.69) is 10.2 Å². The van der Waals surface area contributed by atoms with Crippen LogP contribution in [-0.2, 0) is 16.1 Å².